The molecule has 0 amide bonds. The molecule has 5 nitrogen and oxygen atoms in total. The maximum atomic E-state index is 12.7. The number of rotatable bonds is 6. The van der Waals surface area contributed by atoms with Gasteiger partial charge in [0.2, 0.25) is 5.76 Å². The van der Waals surface area contributed by atoms with Crippen molar-refractivity contribution in [3.63, 3.8) is 0 Å². The smallest absolute Gasteiger partial charge is 0.375 e. The van der Waals surface area contributed by atoms with Crippen LogP contribution in [0.5, 0.6) is 5.75 Å². The molecule has 0 radical (unpaired) electrons. The standard InChI is InChI=1S/C24H17NO4/c25-14-17-10-12-18(13-11-17)15-28-24(26)23-21(16-27-19-6-2-1-3-7-19)20-8-4-5-9-22(20)29-23/h1-13H,15-16H2. The lowest BCUT2D eigenvalue weighted by Gasteiger charge is -2.07. The second-order valence-electron chi connectivity index (χ2n) is 6.39. The van der Waals surface area contributed by atoms with E-state index in [1.54, 1.807) is 30.3 Å². The minimum Gasteiger partial charge on any atom is -0.489 e. The summed E-state index contributed by atoms with van der Waals surface area (Å²) in [5.41, 5.74) is 2.59. The molecule has 0 bridgehead atoms. The van der Waals surface area contributed by atoms with E-state index in [2.05, 4.69) is 6.07 Å². The number of carbonyl (C=O) groups excluding carboxylic acids is 1. The highest BCUT2D eigenvalue weighted by Gasteiger charge is 2.22. The summed E-state index contributed by atoms with van der Waals surface area (Å²) in [6.45, 7) is 0.267. The van der Waals surface area contributed by atoms with Gasteiger partial charge in [0.25, 0.3) is 0 Å². The van der Waals surface area contributed by atoms with E-state index in [0.29, 0.717) is 22.5 Å². The normalized spacial score (nSPS) is 10.4. The number of fused-ring (bicyclic) bond motifs is 1. The van der Waals surface area contributed by atoms with Crippen LogP contribution in [0.1, 0.15) is 27.2 Å². The number of nitrogens with zero attached hydrogens (tertiary/aromatic N) is 1. The third-order valence-electron chi connectivity index (χ3n) is 4.46. The van der Waals surface area contributed by atoms with Crippen LogP contribution in [0.3, 0.4) is 0 Å². The quantitative estimate of drug-likeness (QED) is 0.426. The Balaban J connectivity index is 1.55. The van der Waals surface area contributed by atoms with Crippen molar-refractivity contribution in [2.24, 2.45) is 0 Å². The molecule has 4 rings (SSSR count). The number of ether oxygens (including phenoxy) is 2. The SMILES string of the molecule is N#Cc1ccc(COC(=O)c2oc3ccccc3c2COc2ccccc2)cc1. The molecule has 0 spiro atoms. The summed E-state index contributed by atoms with van der Waals surface area (Å²) in [5.74, 6) is 0.280. The number of hydrogen-bond donors (Lipinski definition) is 0. The molecule has 0 saturated heterocycles. The average molecular weight is 383 g/mol. The molecule has 1 aromatic heterocycles. The molecule has 0 aliphatic rings. The van der Waals surface area contributed by atoms with Crippen molar-refractivity contribution >= 4 is 16.9 Å². The van der Waals surface area contributed by atoms with E-state index in [9.17, 15) is 4.79 Å². The zero-order valence-electron chi connectivity index (χ0n) is 15.5. The van der Waals surface area contributed by atoms with Gasteiger partial charge in [0.15, 0.2) is 0 Å². The fourth-order valence-electron chi connectivity index (χ4n) is 2.97. The van der Waals surface area contributed by atoms with Crippen LogP contribution in [0.2, 0.25) is 0 Å². The van der Waals surface area contributed by atoms with Gasteiger partial charge >= 0.3 is 5.97 Å². The molecule has 0 aliphatic carbocycles. The monoisotopic (exact) mass is 383 g/mol. The average Bonchev–Trinajstić information content (AvgIpc) is 3.16. The van der Waals surface area contributed by atoms with Crippen LogP contribution in [-0.4, -0.2) is 5.97 Å². The molecule has 0 saturated carbocycles. The highest BCUT2D eigenvalue weighted by molar-refractivity contribution is 5.96. The highest BCUT2D eigenvalue weighted by atomic mass is 16.5. The Morgan fingerprint density at radius 2 is 1.62 bits per heavy atom. The number of furan rings is 1. The van der Waals surface area contributed by atoms with Crippen molar-refractivity contribution < 1.29 is 18.7 Å². The maximum Gasteiger partial charge on any atom is 0.375 e. The number of esters is 1. The summed E-state index contributed by atoms with van der Waals surface area (Å²) in [6, 6.07) is 25.7. The first-order chi connectivity index (χ1) is 14.2. The minimum atomic E-state index is -0.558. The zero-order chi connectivity index (χ0) is 20.1. The van der Waals surface area contributed by atoms with E-state index in [4.69, 9.17) is 19.2 Å². The summed E-state index contributed by atoms with van der Waals surface area (Å²) < 4.78 is 17.1. The lowest BCUT2D eigenvalue weighted by atomic mass is 10.1. The van der Waals surface area contributed by atoms with Gasteiger partial charge in [-0.3, -0.25) is 0 Å². The number of carbonyl (C=O) groups is 1. The number of hydrogen-bond acceptors (Lipinski definition) is 5. The van der Waals surface area contributed by atoms with E-state index in [0.717, 1.165) is 10.9 Å². The Bertz CT molecular complexity index is 1170. The molecule has 1 heterocycles. The third-order valence-corrected chi connectivity index (χ3v) is 4.46. The van der Waals surface area contributed by atoms with Gasteiger partial charge in [0, 0.05) is 5.39 Å². The van der Waals surface area contributed by atoms with Gasteiger partial charge in [0.05, 0.1) is 17.2 Å². The molecular formula is C24H17NO4. The van der Waals surface area contributed by atoms with Crippen LogP contribution >= 0.6 is 0 Å². The molecule has 29 heavy (non-hydrogen) atoms. The van der Waals surface area contributed by atoms with Crippen molar-refractivity contribution in [1.29, 1.82) is 5.26 Å². The Kier molecular flexibility index (Phi) is 5.26. The number of benzene rings is 3. The molecule has 0 fully saturated rings. The summed E-state index contributed by atoms with van der Waals surface area (Å²) in [4.78, 5) is 12.7. The molecule has 142 valence electrons. The van der Waals surface area contributed by atoms with E-state index in [1.807, 2.05) is 48.5 Å². The lowest BCUT2D eigenvalue weighted by molar-refractivity contribution is 0.0435. The van der Waals surface area contributed by atoms with E-state index in [1.165, 1.54) is 0 Å². The largest absolute Gasteiger partial charge is 0.489 e. The molecule has 5 heteroatoms. The Labute approximate surface area is 167 Å². The molecule has 0 atom stereocenters. The lowest BCUT2D eigenvalue weighted by Crippen LogP contribution is -2.08. The molecule has 4 aromatic rings. The van der Waals surface area contributed by atoms with Crippen LogP contribution in [-0.2, 0) is 18.0 Å². The number of para-hydroxylation sites is 2. The summed E-state index contributed by atoms with van der Waals surface area (Å²) in [5, 5.41) is 9.68. The summed E-state index contributed by atoms with van der Waals surface area (Å²) in [7, 11) is 0. The van der Waals surface area contributed by atoms with Crippen molar-refractivity contribution in [3.05, 3.63) is 101 Å². The first kappa shape index (κ1) is 18.3. The number of nitriles is 1. The van der Waals surface area contributed by atoms with Gasteiger partial charge in [-0.15, -0.1) is 0 Å². The van der Waals surface area contributed by atoms with Gasteiger partial charge < -0.3 is 13.9 Å². The van der Waals surface area contributed by atoms with Gasteiger partial charge in [-0.05, 0) is 35.9 Å². The van der Waals surface area contributed by atoms with Gasteiger partial charge in [-0.1, -0.05) is 48.5 Å². The van der Waals surface area contributed by atoms with Gasteiger partial charge in [-0.2, -0.15) is 5.26 Å². The first-order valence-electron chi connectivity index (χ1n) is 9.09. The highest BCUT2D eigenvalue weighted by Crippen LogP contribution is 2.28. The Morgan fingerprint density at radius 1 is 0.897 bits per heavy atom. The first-order valence-corrected chi connectivity index (χ1v) is 9.09. The van der Waals surface area contributed by atoms with Crippen LogP contribution in [0.25, 0.3) is 11.0 Å². The van der Waals surface area contributed by atoms with E-state index < -0.39 is 5.97 Å². The van der Waals surface area contributed by atoms with Crippen molar-refractivity contribution in [2.75, 3.05) is 0 Å². The summed E-state index contributed by atoms with van der Waals surface area (Å²) in [6.07, 6.45) is 0. The second kappa shape index (κ2) is 8.32. The van der Waals surface area contributed by atoms with Crippen LogP contribution < -0.4 is 4.74 Å². The van der Waals surface area contributed by atoms with Crippen molar-refractivity contribution in [1.82, 2.24) is 0 Å². The predicted molar refractivity (Wildman–Crippen MR) is 107 cm³/mol. The molecule has 0 aliphatic heterocycles. The van der Waals surface area contributed by atoms with Crippen LogP contribution in [0, 0.1) is 11.3 Å². The zero-order valence-corrected chi connectivity index (χ0v) is 15.5. The van der Waals surface area contributed by atoms with Gasteiger partial charge in [-0.25, -0.2) is 4.79 Å². The fourth-order valence-corrected chi connectivity index (χ4v) is 2.97. The molecule has 3 aromatic carbocycles. The Hall–Kier alpha value is -4.04. The van der Waals surface area contributed by atoms with Crippen molar-refractivity contribution in [2.45, 2.75) is 13.2 Å². The van der Waals surface area contributed by atoms with Gasteiger partial charge in [0.1, 0.15) is 24.5 Å². The molecule has 0 unspecified atom stereocenters. The summed E-state index contributed by atoms with van der Waals surface area (Å²) >= 11 is 0. The van der Waals surface area contributed by atoms with Crippen molar-refractivity contribution in [3.8, 4) is 11.8 Å². The minimum absolute atomic E-state index is 0.0839. The maximum absolute atomic E-state index is 12.7. The fraction of sp³-hybridized carbons (Fsp3) is 0.0833. The third kappa shape index (κ3) is 4.12. The van der Waals surface area contributed by atoms with E-state index in [-0.39, 0.29) is 19.0 Å². The Morgan fingerprint density at radius 3 is 2.38 bits per heavy atom. The molecule has 0 N–H and O–H groups in total. The molecular weight excluding hydrogens is 366 g/mol. The van der Waals surface area contributed by atoms with Crippen LogP contribution in [0.4, 0.5) is 0 Å². The topological polar surface area (TPSA) is 72.5 Å². The second-order valence-corrected chi connectivity index (χ2v) is 6.39. The van der Waals surface area contributed by atoms with Crippen LogP contribution in [0.15, 0.2) is 83.3 Å². The van der Waals surface area contributed by atoms with E-state index >= 15 is 0 Å². The predicted octanol–water partition coefficient (Wildman–Crippen LogP) is 5.24.